The van der Waals surface area contributed by atoms with Gasteiger partial charge in [0.25, 0.3) is 0 Å². The van der Waals surface area contributed by atoms with E-state index in [-0.39, 0.29) is 0 Å². The number of hydrogen-bond donors (Lipinski definition) is 0. The quantitative estimate of drug-likeness (QED) is 0.447. The molecule has 1 unspecified atom stereocenters. The molecule has 0 amide bonds. The minimum absolute atomic E-state index is 0.861. The Balaban J connectivity index is 5.07. The van der Waals surface area contributed by atoms with Crippen LogP contribution in [-0.2, 0) is 14.3 Å². The number of carbonyl (C=O) groups excluding carboxylic acids is 1. The standard InChI is InChI=1S/C7H7F7O3/c1-3(16-2)17-4(15)5(8,9)6(10,11)7(12,13)14/h3H,1-2H3. The van der Waals surface area contributed by atoms with Gasteiger partial charge in [-0.15, -0.1) is 0 Å². The SMILES string of the molecule is COC(C)OC(=O)C(F)(F)C(F)(F)C(F)(F)F. The molecule has 0 rings (SSSR count). The van der Waals surface area contributed by atoms with Crippen LogP contribution in [0.25, 0.3) is 0 Å². The molecule has 0 radical (unpaired) electrons. The molecule has 0 bridgehead atoms. The topological polar surface area (TPSA) is 35.5 Å². The molecule has 0 N–H and O–H groups in total. The summed E-state index contributed by atoms with van der Waals surface area (Å²) < 4.78 is 92.4. The Morgan fingerprint density at radius 1 is 1.06 bits per heavy atom. The van der Waals surface area contributed by atoms with Gasteiger partial charge in [-0.3, -0.25) is 0 Å². The highest BCUT2D eigenvalue weighted by atomic mass is 19.4. The van der Waals surface area contributed by atoms with Gasteiger partial charge in [-0.05, 0) is 6.92 Å². The maximum absolute atomic E-state index is 12.6. The van der Waals surface area contributed by atoms with Crippen LogP contribution >= 0.6 is 0 Å². The van der Waals surface area contributed by atoms with E-state index in [0.717, 1.165) is 14.0 Å². The molecule has 10 heteroatoms. The lowest BCUT2D eigenvalue weighted by Crippen LogP contribution is -2.57. The normalized spacial score (nSPS) is 15.6. The van der Waals surface area contributed by atoms with Gasteiger partial charge in [0.15, 0.2) is 6.29 Å². The van der Waals surface area contributed by atoms with E-state index in [4.69, 9.17) is 0 Å². The molecule has 102 valence electrons. The molecule has 0 fully saturated rings. The Morgan fingerprint density at radius 3 is 1.76 bits per heavy atom. The molecule has 0 aliphatic carbocycles. The van der Waals surface area contributed by atoms with Gasteiger partial charge in [-0.25, -0.2) is 4.79 Å². The highest BCUT2D eigenvalue weighted by Crippen LogP contribution is 2.47. The smallest absolute Gasteiger partial charge is 0.431 e. The third-order valence-corrected chi connectivity index (χ3v) is 1.61. The lowest BCUT2D eigenvalue weighted by molar-refractivity contribution is -0.350. The predicted octanol–water partition coefficient (Wildman–Crippen LogP) is 2.35. The fourth-order valence-corrected chi connectivity index (χ4v) is 0.579. The predicted molar refractivity (Wildman–Crippen MR) is 38.5 cm³/mol. The molecule has 0 aromatic heterocycles. The number of hydrogen-bond acceptors (Lipinski definition) is 3. The first-order chi connectivity index (χ1) is 7.38. The molecule has 0 aliphatic heterocycles. The minimum atomic E-state index is -6.58. The Morgan fingerprint density at radius 2 is 1.47 bits per heavy atom. The summed E-state index contributed by atoms with van der Waals surface area (Å²) in [7, 11) is 0.873. The number of ether oxygens (including phenoxy) is 2. The van der Waals surface area contributed by atoms with E-state index in [9.17, 15) is 35.5 Å². The highest BCUT2D eigenvalue weighted by molar-refractivity contribution is 5.79. The number of halogens is 7. The molecule has 0 heterocycles. The zero-order valence-electron chi connectivity index (χ0n) is 8.45. The van der Waals surface area contributed by atoms with Gasteiger partial charge >= 0.3 is 24.0 Å². The van der Waals surface area contributed by atoms with E-state index < -0.39 is 30.3 Å². The maximum Gasteiger partial charge on any atom is 0.460 e. The van der Waals surface area contributed by atoms with Crippen molar-refractivity contribution in [2.45, 2.75) is 31.2 Å². The third kappa shape index (κ3) is 2.99. The van der Waals surface area contributed by atoms with Crippen molar-refractivity contribution in [2.75, 3.05) is 7.11 Å². The van der Waals surface area contributed by atoms with Crippen LogP contribution in [0.1, 0.15) is 6.92 Å². The lowest BCUT2D eigenvalue weighted by atomic mass is 10.1. The minimum Gasteiger partial charge on any atom is -0.431 e. The van der Waals surface area contributed by atoms with Crippen molar-refractivity contribution in [2.24, 2.45) is 0 Å². The lowest BCUT2D eigenvalue weighted by Gasteiger charge is -2.27. The summed E-state index contributed by atoms with van der Waals surface area (Å²) >= 11 is 0. The van der Waals surface area contributed by atoms with Crippen LogP contribution in [0.2, 0.25) is 0 Å². The van der Waals surface area contributed by atoms with Crippen LogP contribution < -0.4 is 0 Å². The fraction of sp³-hybridized carbons (Fsp3) is 0.857. The molecule has 3 nitrogen and oxygen atoms in total. The molecule has 0 aromatic rings. The molecule has 0 saturated heterocycles. The van der Waals surface area contributed by atoms with Gasteiger partial charge in [0.1, 0.15) is 0 Å². The van der Waals surface area contributed by atoms with Crippen LogP contribution in [0.3, 0.4) is 0 Å². The van der Waals surface area contributed by atoms with Crippen molar-refractivity contribution < 1.29 is 45.0 Å². The average Bonchev–Trinajstić information content (AvgIpc) is 2.15. The van der Waals surface area contributed by atoms with Gasteiger partial charge in [0, 0.05) is 7.11 Å². The second-order valence-electron chi connectivity index (χ2n) is 2.86. The fourth-order valence-electron chi connectivity index (χ4n) is 0.579. The molecular weight excluding hydrogens is 265 g/mol. The summed E-state index contributed by atoms with van der Waals surface area (Å²) in [6.07, 6.45) is -8.26. The van der Waals surface area contributed by atoms with Crippen molar-refractivity contribution in [1.82, 2.24) is 0 Å². The summed E-state index contributed by atoms with van der Waals surface area (Å²) in [5.41, 5.74) is 0. The zero-order valence-corrected chi connectivity index (χ0v) is 8.45. The Labute approximate surface area is 90.5 Å². The van der Waals surface area contributed by atoms with Crippen molar-refractivity contribution in [1.29, 1.82) is 0 Å². The van der Waals surface area contributed by atoms with Crippen LogP contribution in [-0.4, -0.2) is 37.4 Å². The second-order valence-corrected chi connectivity index (χ2v) is 2.86. The molecular formula is C7H7F7O3. The molecule has 0 saturated carbocycles. The van der Waals surface area contributed by atoms with Crippen LogP contribution in [0.15, 0.2) is 0 Å². The van der Waals surface area contributed by atoms with Gasteiger partial charge in [0.2, 0.25) is 0 Å². The second kappa shape index (κ2) is 4.67. The van der Waals surface area contributed by atoms with E-state index in [2.05, 4.69) is 9.47 Å². The van der Waals surface area contributed by atoms with E-state index in [0.29, 0.717) is 0 Å². The van der Waals surface area contributed by atoms with E-state index in [1.54, 1.807) is 0 Å². The Bertz CT molecular complexity index is 286. The highest BCUT2D eigenvalue weighted by Gasteiger charge is 2.77. The Kier molecular flexibility index (Phi) is 4.38. The largest absolute Gasteiger partial charge is 0.460 e. The van der Waals surface area contributed by atoms with E-state index >= 15 is 0 Å². The summed E-state index contributed by atoms with van der Waals surface area (Å²) in [5.74, 6) is -15.6. The molecule has 17 heavy (non-hydrogen) atoms. The van der Waals surface area contributed by atoms with E-state index in [1.807, 2.05) is 0 Å². The Hall–Kier alpha value is -1.06. The molecule has 0 aromatic carbocycles. The first-order valence-electron chi connectivity index (χ1n) is 3.94. The maximum atomic E-state index is 12.6. The summed E-state index contributed by atoms with van der Waals surface area (Å²) in [5, 5.41) is 0. The number of esters is 1. The van der Waals surface area contributed by atoms with Crippen LogP contribution in [0.5, 0.6) is 0 Å². The van der Waals surface area contributed by atoms with Crippen molar-refractivity contribution >= 4 is 5.97 Å². The van der Waals surface area contributed by atoms with Crippen molar-refractivity contribution in [3.8, 4) is 0 Å². The van der Waals surface area contributed by atoms with E-state index in [1.165, 1.54) is 0 Å². The zero-order chi connectivity index (χ0) is 14.1. The number of carbonyl (C=O) groups is 1. The van der Waals surface area contributed by atoms with Crippen molar-refractivity contribution in [3.63, 3.8) is 0 Å². The summed E-state index contributed by atoms with van der Waals surface area (Å²) in [6.45, 7) is 0.861. The van der Waals surface area contributed by atoms with Crippen LogP contribution in [0, 0.1) is 0 Å². The number of alkyl halides is 7. The van der Waals surface area contributed by atoms with Crippen LogP contribution in [0.4, 0.5) is 30.7 Å². The first-order valence-corrected chi connectivity index (χ1v) is 3.94. The molecule has 0 spiro atoms. The monoisotopic (exact) mass is 272 g/mol. The molecule has 1 atom stereocenters. The first kappa shape index (κ1) is 15.9. The van der Waals surface area contributed by atoms with Gasteiger partial charge in [-0.2, -0.15) is 30.7 Å². The summed E-state index contributed by atoms with van der Waals surface area (Å²) in [4.78, 5) is 10.5. The van der Waals surface area contributed by atoms with Crippen molar-refractivity contribution in [3.05, 3.63) is 0 Å². The van der Waals surface area contributed by atoms with Gasteiger partial charge in [-0.1, -0.05) is 0 Å². The summed E-state index contributed by atoms with van der Waals surface area (Å²) in [6, 6.07) is 0. The molecule has 0 aliphatic rings. The average molecular weight is 272 g/mol. The number of methoxy groups -OCH3 is 1. The van der Waals surface area contributed by atoms with Gasteiger partial charge in [0.05, 0.1) is 0 Å². The van der Waals surface area contributed by atoms with Gasteiger partial charge < -0.3 is 9.47 Å². The third-order valence-electron chi connectivity index (χ3n) is 1.61. The number of rotatable bonds is 4.